The zero-order chi connectivity index (χ0) is 21.0. The molecule has 0 radical (unpaired) electrons. The number of nitrogens with zero attached hydrogens (tertiary/aromatic N) is 3. The third-order valence-corrected chi connectivity index (χ3v) is 7.01. The summed E-state index contributed by atoms with van der Waals surface area (Å²) in [6, 6.07) is 6.28. The van der Waals surface area contributed by atoms with Gasteiger partial charge in [-0.25, -0.2) is 0 Å². The average molecular weight is 438 g/mol. The number of hydrogen-bond acceptors (Lipinski definition) is 7. The van der Waals surface area contributed by atoms with Crippen LogP contribution in [0.2, 0.25) is 0 Å². The van der Waals surface area contributed by atoms with Gasteiger partial charge in [-0.1, -0.05) is 25.2 Å². The summed E-state index contributed by atoms with van der Waals surface area (Å²) in [6.07, 6.45) is 3.15. The van der Waals surface area contributed by atoms with E-state index in [0.717, 1.165) is 43.7 Å². The van der Waals surface area contributed by atoms with Gasteiger partial charge in [-0.3, -0.25) is 14.3 Å². The maximum Gasteiger partial charge on any atom is 0.291 e. The van der Waals surface area contributed by atoms with E-state index < -0.39 is 10.0 Å². The fourth-order valence-electron chi connectivity index (χ4n) is 2.78. The molecule has 1 aromatic heterocycles. The lowest BCUT2D eigenvalue weighted by Crippen LogP contribution is -2.35. The number of nitrogens with one attached hydrogen (secondary N) is 2. The van der Waals surface area contributed by atoms with Crippen molar-refractivity contribution in [2.75, 3.05) is 23.1 Å². The number of amides is 2. The molecule has 1 fully saturated rings. The van der Waals surface area contributed by atoms with Crippen molar-refractivity contribution in [1.82, 2.24) is 15.1 Å². The van der Waals surface area contributed by atoms with E-state index >= 15 is 0 Å². The number of carbonyl (C=O) groups is 2. The third kappa shape index (κ3) is 5.30. The second-order valence-electron chi connectivity index (χ2n) is 7.05. The molecule has 2 aromatic rings. The Morgan fingerprint density at radius 2 is 1.72 bits per heavy atom. The van der Waals surface area contributed by atoms with Gasteiger partial charge in [0, 0.05) is 30.3 Å². The van der Waals surface area contributed by atoms with E-state index in [2.05, 4.69) is 20.2 Å². The van der Waals surface area contributed by atoms with Gasteiger partial charge in [-0.05, 0) is 43.5 Å². The summed E-state index contributed by atoms with van der Waals surface area (Å²) in [4.78, 5) is 26.0. The monoisotopic (exact) mass is 437 g/mol. The zero-order valence-electron chi connectivity index (χ0n) is 16.2. The lowest BCUT2D eigenvalue weighted by Gasteiger charge is -2.26. The summed E-state index contributed by atoms with van der Waals surface area (Å²) in [6.45, 7) is 4.93. The highest BCUT2D eigenvalue weighted by Gasteiger charge is 2.22. The van der Waals surface area contributed by atoms with Crippen LogP contribution in [0.15, 0.2) is 28.6 Å². The molecule has 9 nitrogen and oxygen atoms in total. The molecule has 1 saturated heterocycles. The van der Waals surface area contributed by atoms with Gasteiger partial charge in [0.25, 0.3) is 20.3 Å². The van der Waals surface area contributed by atoms with Crippen LogP contribution >= 0.6 is 11.3 Å². The van der Waals surface area contributed by atoms with Crippen molar-refractivity contribution >= 4 is 44.0 Å². The largest absolute Gasteiger partial charge is 0.339 e. The van der Waals surface area contributed by atoms with Gasteiger partial charge in [0.05, 0.1) is 0 Å². The van der Waals surface area contributed by atoms with Crippen molar-refractivity contribution < 1.29 is 18.0 Å². The van der Waals surface area contributed by atoms with Crippen molar-refractivity contribution in [3.63, 3.8) is 0 Å². The molecule has 2 N–H and O–H groups in total. The van der Waals surface area contributed by atoms with E-state index in [1.165, 1.54) is 12.1 Å². The Labute approximate surface area is 173 Å². The Balaban J connectivity index is 1.66. The molecule has 156 valence electrons. The van der Waals surface area contributed by atoms with Crippen LogP contribution in [0.3, 0.4) is 0 Å². The molecule has 0 spiro atoms. The highest BCUT2D eigenvalue weighted by molar-refractivity contribution is 7.94. The highest BCUT2D eigenvalue weighted by atomic mass is 32.2. The molecule has 3 rings (SSSR count). The van der Waals surface area contributed by atoms with Crippen LogP contribution in [-0.2, 0) is 14.8 Å². The van der Waals surface area contributed by atoms with Crippen LogP contribution in [-0.4, -0.2) is 48.4 Å². The number of hydrogen-bond donors (Lipinski definition) is 2. The number of benzene rings is 1. The Hall–Kier alpha value is -2.53. The quantitative estimate of drug-likeness (QED) is 0.670. The summed E-state index contributed by atoms with van der Waals surface area (Å²) in [5.41, 5.74) is 0.826. The van der Waals surface area contributed by atoms with Gasteiger partial charge in [0.15, 0.2) is 0 Å². The SMILES string of the molecule is CC(C)C(=O)Nc1nnc(S(=O)(=O)Nc2ccc(C(=O)N3CCCCC3)cc2)s1. The molecule has 11 heteroatoms. The van der Waals surface area contributed by atoms with Crippen LogP contribution < -0.4 is 10.0 Å². The molecule has 0 atom stereocenters. The summed E-state index contributed by atoms with van der Waals surface area (Å²) in [5.74, 6) is -0.580. The predicted molar refractivity (Wildman–Crippen MR) is 110 cm³/mol. The minimum absolute atomic E-state index is 0.0474. The molecule has 2 heterocycles. The standard InChI is InChI=1S/C18H23N5O4S2/c1-12(2)15(24)19-17-20-21-18(28-17)29(26,27)22-14-8-6-13(7-9-14)16(25)23-10-4-3-5-11-23/h6-9,12,22H,3-5,10-11H2,1-2H3,(H,19,20,24). The number of rotatable bonds is 6. The fourth-order valence-corrected chi connectivity index (χ4v) is 4.74. The first-order chi connectivity index (χ1) is 13.8. The third-order valence-electron chi connectivity index (χ3n) is 4.42. The van der Waals surface area contributed by atoms with Gasteiger partial charge in [0.1, 0.15) is 0 Å². The second kappa shape index (κ2) is 8.87. The summed E-state index contributed by atoms with van der Waals surface area (Å²) >= 11 is 0.766. The molecule has 1 aliphatic heterocycles. The van der Waals surface area contributed by atoms with Crippen molar-refractivity contribution in [3.8, 4) is 0 Å². The average Bonchev–Trinajstić information content (AvgIpc) is 3.18. The molecule has 0 unspecified atom stereocenters. The zero-order valence-corrected chi connectivity index (χ0v) is 17.8. The predicted octanol–water partition coefficient (Wildman–Crippen LogP) is 2.56. The van der Waals surface area contributed by atoms with Gasteiger partial charge in [-0.15, -0.1) is 10.2 Å². The first-order valence-electron chi connectivity index (χ1n) is 9.33. The number of carbonyl (C=O) groups excluding carboxylic acids is 2. The molecular formula is C18H23N5O4S2. The Kier molecular flexibility index (Phi) is 6.48. The molecule has 0 bridgehead atoms. The van der Waals surface area contributed by atoms with E-state index in [1.807, 2.05) is 4.90 Å². The minimum atomic E-state index is -3.95. The molecule has 0 saturated carbocycles. The lowest BCUT2D eigenvalue weighted by atomic mass is 10.1. The topological polar surface area (TPSA) is 121 Å². The van der Waals surface area contributed by atoms with Gasteiger partial charge in [0.2, 0.25) is 11.0 Å². The Morgan fingerprint density at radius 3 is 2.34 bits per heavy atom. The first kappa shape index (κ1) is 21.2. The second-order valence-corrected chi connectivity index (χ2v) is 9.89. The maximum absolute atomic E-state index is 12.5. The molecule has 2 amide bonds. The van der Waals surface area contributed by atoms with Gasteiger partial charge in [-0.2, -0.15) is 8.42 Å². The van der Waals surface area contributed by atoms with Crippen molar-refractivity contribution in [2.45, 2.75) is 37.4 Å². The number of likely N-dealkylation sites (tertiary alicyclic amines) is 1. The van der Waals surface area contributed by atoms with Gasteiger partial charge >= 0.3 is 0 Å². The van der Waals surface area contributed by atoms with Gasteiger partial charge < -0.3 is 10.2 Å². The Bertz CT molecular complexity index is 980. The van der Waals surface area contributed by atoms with E-state index in [1.54, 1.807) is 26.0 Å². The molecule has 1 aromatic carbocycles. The van der Waals surface area contributed by atoms with Crippen LogP contribution in [0.25, 0.3) is 0 Å². The molecule has 1 aliphatic rings. The van der Waals surface area contributed by atoms with Crippen molar-refractivity contribution in [3.05, 3.63) is 29.8 Å². The normalized spacial score (nSPS) is 14.7. The fraction of sp³-hybridized carbons (Fsp3) is 0.444. The van der Waals surface area contributed by atoms with E-state index in [0.29, 0.717) is 11.3 Å². The van der Waals surface area contributed by atoms with Crippen molar-refractivity contribution in [1.29, 1.82) is 0 Å². The van der Waals surface area contributed by atoms with E-state index in [4.69, 9.17) is 0 Å². The summed E-state index contributed by atoms with van der Waals surface area (Å²) in [5, 5.41) is 9.99. The highest BCUT2D eigenvalue weighted by Crippen LogP contribution is 2.23. The van der Waals surface area contributed by atoms with Crippen molar-refractivity contribution in [2.24, 2.45) is 5.92 Å². The van der Waals surface area contributed by atoms with Crippen LogP contribution in [0.1, 0.15) is 43.5 Å². The number of anilines is 2. The Morgan fingerprint density at radius 1 is 1.07 bits per heavy atom. The number of aromatic nitrogens is 2. The summed E-state index contributed by atoms with van der Waals surface area (Å²) in [7, 11) is -3.95. The van der Waals surface area contributed by atoms with Crippen LogP contribution in [0.5, 0.6) is 0 Å². The molecule has 0 aliphatic carbocycles. The molecule has 29 heavy (non-hydrogen) atoms. The van der Waals surface area contributed by atoms with E-state index in [9.17, 15) is 18.0 Å². The number of sulfonamides is 1. The minimum Gasteiger partial charge on any atom is -0.339 e. The smallest absolute Gasteiger partial charge is 0.291 e. The van der Waals surface area contributed by atoms with Crippen LogP contribution in [0.4, 0.5) is 10.8 Å². The van der Waals surface area contributed by atoms with Crippen LogP contribution in [0, 0.1) is 5.92 Å². The lowest BCUT2D eigenvalue weighted by molar-refractivity contribution is -0.118. The van der Waals surface area contributed by atoms with E-state index in [-0.39, 0.29) is 27.2 Å². The maximum atomic E-state index is 12.5. The molecular weight excluding hydrogens is 414 g/mol. The summed E-state index contributed by atoms with van der Waals surface area (Å²) < 4.78 is 27.2. The first-order valence-corrected chi connectivity index (χ1v) is 11.6. The number of piperidine rings is 1.